The van der Waals surface area contributed by atoms with Crippen LogP contribution in [0.5, 0.6) is 5.88 Å². The summed E-state index contributed by atoms with van der Waals surface area (Å²) in [7, 11) is 1.56. The molecule has 1 aromatic carbocycles. The Bertz CT molecular complexity index is 905. The molecule has 0 unspecified atom stereocenters. The van der Waals surface area contributed by atoms with Crippen molar-refractivity contribution in [1.29, 1.82) is 0 Å². The van der Waals surface area contributed by atoms with Gasteiger partial charge in [0.15, 0.2) is 5.60 Å². The minimum absolute atomic E-state index is 0.278. The van der Waals surface area contributed by atoms with Crippen LogP contribution in [0.25, 0.3) is 0 Å². The number of ether oxygens (including phenoxy) is 1. The highest BCUT2D eigenvalue weighted by Crippen LogP contribution is 2.40. The molecule has 2 aliphatic heterocycles. The van der Waals surface area contributed by atoms with Crippen molar-refractivity contribution in [2.75, 3.05) is 18.6 Å². The molecular weight excluding hydrogens is 318 g/mol. The van der Waals surface area contributed by atoms with Crippen LogP contribution in [-0.2, 0) is 0 Å². The lowest BCUT2D eigenvalue weighted by Gasteiger charge is -2.30. The van der Waals surface area contributed by atoms with Crippen molar-refractivity contribution in [3.63, 3.8) is 0 Å². The first-order chi connectivity index (χ1) is 11.9. The zero-order chi connectivity index (χ0) is 17.8. The van der Waals surface area contributed by atoms with E-state index in [4.69, 9.17) is 4.74 Å². The first-order valence-electron chi connectivity index (χ1n) is 8.19. The van der Waals surface area contributed by atoms with Gasteiger partial charge >= 0.3 is 0 Å². The fourth-order valence-electron chi connectivity index (χ4n) is 3.40. The van der Waals surface area contributed by atoms with Crippen molar-refractivity contribution in [3.05, 3.63) is 47.2 Å². The number of nitrogens with zero attached hydrogens (tertiary/aromatic N) is 3. The van der Waals surface area contributed by atoms with Crippen LogP contribution >= 0.6 is 0 Å². The van der Waals surface area contributed by atoms with Crippen molar-refractivity contribution < 1.29 is 14.6 Å². The van der Waals surface area contributed by atoms with Crippen molar-refractivity contribution in [3.8, 4) is 5.88 Å². The maximum absolute atomic E-state index is 13.0. The van der Waals surface area contributed by atoms with E-state index in [1.165, 1.54) is 0 Å². The lowest BCUT2D eigenvalue weighted by molar-refractivity contribution is 0.0602. The van der Waals surface area contributed by atoms with Crippen LogP contribution in [0.15, 0.2) is 35.5 Å². The first-order valence-corrected chi connectivity index (χ1v) is 8.19. The number of hydrogen-bond acceptors (Lipinski definition) is 6. The van der Waals surface area contributed by atoms with E-state index < -0.39 is 5.60 Å². The average Bonchev–Trinajstić information content (AvgIpc) is 2.95. The van der Waals surface area contributed by atoms with Crippen LogP contribution in [0.1, 0.15) is 27.9 Å². The number of hydrogen-bond donors (Lipinski definition) is 1. The molecule has 0 aliphatic carbocycles. The van der Waals surface area contributed by atoms with Crippen LogP contribution < -0.4 is 9.64 Å². The number of aryl methyl sites for hydroxylation is 2. The van der Waals surface area contributed by atoms with Gasteiger partial charge in [0.2, 0.25) is 11.7 Å². The highest BCUT2D eigenvalue weighted by atomic mass is 16.5. The van der Waals surface area contributed by atoms with Crippen molar-refractivity contribution >= 4 is 23.0 Å². The van der Waals surface area contributed by atoms with Gasteiger partial charge in [-0.05, 0) is 43.2 Å². The largest absolute Gasteiger partial charge is 0.481 e. The zero-order valence-corrected chi connectivity index (χ0v) is 14.4. The fourth-order valence-corrected chi connectivity index (χ4v) is 3.40. The number of pyridine rings is 1. The van der Waals surface area contributed by atoms with Gasteiger partial charge in [-0.1, -0.05) is 0 Å². The Morgan fingerprint density at radius 1 is 1.24 bits per heavy atom. The monoisotopic (exact) mass is 337 g/mol. The molecule has 1 aromatic heterocycles. The van der Waals surface area contributed by atoms with E-state index in [1.54, 1.807) is 19.4 Å². The molecule has 1 saturated heterocycles. The summed E-state index contributed by atoms with van der Waals surface area (Å²) in [5.74, 6) is 0.608. The number of aliphatic hydroxyl groups is 1. The van der Waals surface area contributed by atoms with Gasteiger partial charge in [-0.2, -0.15) is 0 Å². The van der Waals surface area contributed by atoms with E-state index in [0.717, 1.165) is 16.8 Å². The third-order valence-corrected chi connectivity index (χ3v) is 5.02. The second kappa shape index (κ2) is 5.39. The second-order valence-electron chi connectivity index (χ2n) is 6.54. The molecule has 2 aliphatic rings. The molecule has 4 rings (SSSR count). The molecule has 0 radical (unpaired) electrons. The Morgan fingerprint density at radius 2 is 2.00 bits per heavy atom. The third-order valence-electron chi connectivity index (χ3n) is 5.02. The molecule has 3 heterocycles. The summed E-state index contributed by atoms with van der Waals surface area (Å²) in [5.41, 5.74) is 2.38. The van der Waals surface area contributed by atoms with Gasteiger partial charge < -0.3 is 14.7 Å². The van der Waals surface area contributed by atoms with Crippen molar-refractivity contribution in [2.24, 2.45) is 4.99 Å². The lowest BCUT2D eigenvalue weighted by atomic mass is 9.86. The van der Waals surface area contributed by atoms with E-state index in [9.17, 15) is 9.90 Å². The average molecular weight is 337 g/mol. The molecular formula is C19H19N3O3. The van der Waals surface area contributed by atoms with Gasteiger partial charge in [-0.3, -0.25) is 4.79 Å². The summed E-state index contributed by atoms with van der Waals surface area (Å²) < 4.78 is 5.08. The number of ketones is 1. The smallest absolute Gasteiger partial charge is 0.213 e. The number of fused-ring (bicyclic) bond motifs is 2. The summed E-state index contributed by atoms with van der Waals surface area (Å²) in [5, 5.41) is 11.1. The summed E-state index contributed by atoms with van der Waals surface area (Å²) in [6.45, 7) is 4.44. The zero-order valence-electron chi connectivity index (χ0n) is 14.4. The van der Waals surface area contributed by atoms with E-state index in [-0.39, 0.29) is 5.78 Å². The molecule has 0 bridgehead atoms. The van der Waals surface area contributed by atoms with Gasteiger partial charge in [0, 0.05) is 24.6 Å². The molecule has 1 fully saturated rings. The number of rotatable bonds is 2. The summed E-state index contributed by atoms with van der Waals surface area (Å²) >= 11 is 0. The van der Waals surface area contributed by atoms with Gasteiger partial charge in [0.25, 0.3) is 0 Å². The minimum atomic E-state index is -1.57. The number of aliphatic imine (C=N–C) groups is 1. The Balaban J connectivity index is 1.83. The van der Waals surface area contributed by atoms with Crippen molar-refractivity contribution in [2.45, 2.75) is 25.9 Å². The molecule has 2 aromatic rings. The third kappa shape index (κ3) is 2.25. The van der Waals surface area contributed by atoms with Crippen LogP contribution in [0, 0.1) is 13.8 Å². The number of carbonyl (C=O) groups excluding carboxylic acids is 1. The predicted molar refractivity (Wildman–Crippen MR) is 95.0 cm³/mol. The number of carbonyl (C=O) groups is 1. The molecule has 1 atom stereocenters. The molecule has 0 spiro atoms. The van der Waals surface area contributed by atoms with E-state index in [0.29, 0.717) is 35.9 Å². The fraction of sp³-hybridized carbons (Fsp3) is 0.316. The van der Waals surface area contributed by atoms with Gasteiger partial charge in [-0.25, -0.2) is 9.98 Å². The predicted octanol–water partition coefficient (Wildman–Crippen LogP) is 2.57. The summed E-state index contributed by atoms with van der Waals surface area (Å²) in [4.78, 5) is 23.7. The number of benzene rings is 1. The highest BCUT2D eigenvalue weighted by molar-refractivity contribution is 6.28. The summed E-state index contributed by atoms with van der Waals surface area (Å²) in [6, 6.07) is 7.32. The quantitative estimate of drug-likeness (QED) is 0.911. The van der Waals surface area contributed by atoms with Crippen LogP contribution in [-0.4, -0.2) is 41.0 Å². The Morgan fingerprint density at radius 3 is 2.68 bits per heavy atom. The Hall–Kier alpha value is -2.73. The number of anilines is 1. The maximum Gasteiger partial charge on any atom is 0.213 e. The van der Waals surface area contributed by atoms with Gasteiger partial charge in [0.05, 0.1) is 24.7 Å². The molecule has 128 valence electrons. The maximum atomic E-state index is 13.0. The topological polar surface area (TPSA) is 75.0 Å². The Labute approximate surface area is 145 Å². The van der Waals surface area contributed by atoms with E-state index in [1.807, 2.05) is 36.9 Å². The van der Waals surface area contributed by atoms with Gasteiger partial charge in [-0.15, -0.1) is 0 Å². The standard InChI is InChI=1S/C19H19N3O3/c1-11-8-14-15(9-12(11)2)21-18-19(24,17(14)23)6-7-22(18)13-4-5-16(25-3)20-10-13/h4-5,8-10,24H,6-7H2,1-3H3/t19-/m1/s1. The van der Waals surface area contributed by atoms with Crippen LogP contribution in [0.4, 0.5) is 11.4 Å². The molecule has 1 N–H and O–H groups in total. The Kier molecular flexibility index (Phi) is 3.40. The number of aromatic nitrogens is 1. The molecule has 25 heavy (non-hydrogen) atoms. The SMILES string of the molecule is COc1ccc(N2CC[C@@]3(O)C(=O)c4cc(C)c(C)cc4N=C23)cn1. The van der Waals surface area contributed by atoms with Gasteiger partial charge in [0.1, 0.15) is 5.84 Å². The number of Topliss-reactive ketones (excluding diaryl/α,β-unsaturated/α-hetero) is 1. The normalized spacial score (nSPS) is 21.7. The second-order valence-corrected chi connectivity index (χ2v) is 6.54. The summed E-state index contributed by atoms with van der Waals surface area (Å²) in [6.07, 6.45) is 1.97. The van der Waals surface area contributed by atoms with Crippen LogP contribution in [0.3, 0.4) is 0 Å². The van der Waals surface area contributed by atoms with E-state index in [2.05, 4.69) is 9.98 Å². The number of methoxy groups -OCH3 is 1. The molecule has 0 saturated carbocycles. The van der Waals surface area contributed by atoms with Crippen LogP contribution in [0.2, 0.25) is 0 Å². The first kappa shape index (κ1) is 15.8. The van der Waals surface area contributed by atoms with Crippen molar-refractivity contribution in [1.82, 2.24) is 4.98 Å². The van der Waals surface area contributed by atoms with E-state index >= 15 is 0 Å². The highest BCUT2D eigenvalue weighted by Gasteiger charge is 2.52. The molecule has 0 amide bonds. The molecule has 6 nitrogen and oxygen atoms in total. The molecule has 6 heteroatoms. The minimum Gasteiger partial charge on any atom is -0.481 e. The number of amidine groups is 1. The lowest BCUT2D eigenvalue weighted by Crippen LogP contribution is -2.48.